The Labute approximate surface area is 306 Å². The molecule has 4 rings (SSSR count). The Bertz CT molecular complexity index is 1050. The number of rotatable bonds is 31. The molecule has 0 N–H and O–H groups in total. The molecule has 0 amide bonds. The van der Waals surface area contributed by atoms with Crippen molar-refractivity contribution in [3.63, 3.8) is 0 Å². The van der Waals surface area contributed by atoms with Gasteiger partial charge >= 0.3 is 11.9 Å². The predicted octanol–water partition coefficient (Wildman–Crippen LogP) is 10.3. The van der Waals surface area contributed by atoms with Crippen molar-refractivity contribution in [2.45, 2.75) is 169 Å². The molecular weight excluding hydrogens is 622 g/mol. The zero-order chi connectivity index (χ0) is 35.6. The summed E-state index contributed by atoms with van der Waals surface area (Å²) in [5.74, 6) is 5.05. The fourth-order valence-electron chi connectivity index (χ4n) is 10.6. The summed E-state index contributed by atoms with van der Waals surface area (Å²) in [4.78, 5) is 31.6. The van der Waals surface area contributed by atoms with Crippen LogP contribution in [0.15, 0.2) is 18.7 Å². The van der Waals surface area contributed by atoms with Crippen molar-refractivity contribution < 1.29 is 19.1 Å². The number of esters is 2. The summed E-state index contributed by atoms with van der Waals surface area (Å²) in [5.41, 5.74) is 0.201. The molecule has 4 unspecified atom stereocenters. The second-order valence-electron chi connectivity index (χ2n) is 16.8. The molecule has 0 spiro atoms. The van der Waals surface area contributed by atoms with Gasteiger partial charge in [-0.25, -0.2) is 4.98 Å². The van der Waals surface area contributed by atoms with Gasteiger partial charge in [0.1, 0.15) is 0 Å². The van der Waals surface area contributed by atoms with Gasteiger partial charge in [0, 0.05) is 25.4 Å². The minimum Gasteiger partial charge on any atom is -0.466 e. The molecule has 1 aromatic heterocycles. The van der Waals surface area contributed by atoms with Gasteiger partial charge in [-0.1, -0.05) is 111 Å². The summed E-state index contributed by atoms with van der Waals surface area (Å²) in [6, 6.07) is 0. The highest BCUT2D eigenvalue weighted by Crippen LogP contribution is 2.83. The summed E-state index contributed by atoms with van der Waals surface area (Å²) in [6.45, 7) is 15.1. The quantitative estimate of drug-likeness (QED) is 0.0568. The first-order valence-electron chi connectivity index (χ1n) is 21.4. The third-order valence-electron chi connectivity index (χ3n) is 13.1. The highest BCUT2D eigenvalue weighted by molar-refractivity contribution is 5.71. The monoisotopic (exact) mass is 698 g/mol. The topological polar surface area (TPSA) is 73.7 Å². The first-order chi connectivity index (χ1) is 24.4. The number of aryl methyl sites for hydroxylation is 1. The number of nitrogens with zero attached hydrogens (tertiary/aromatic N) is 3. The molecule has 7 nitrogen and oxygen atoms in total. The normalized spacial score (nSPS) is 26.2. The second-order valence-corrected chi connectivity index (χ2v) is 16.8. The van der Waals surface area contributed by atoms with E-state index in [1.165, 1.54) is 90.0 Å². The SMILES string of the molecule is CCCCCCCCCOC(=O)CCCCCCCN(CCCCCCCCOC(=O)CC1(C)C2C(C)C3C(C)C1C32)CCCn1ccnc1. The maximum absolute atomic E-state index is 12.7. The Morgan fingerprint density at radius 2 is 1.20 bits per heavy atom. The molecule has 286 valence electrons. The van der Waals surface area contributed by atoms with E-state index in [4.69, 9.17) is 9.47 Å². The van der Waals surface area contributed by atoms with Crippen LogP contribution in [-0.2, 0) is 25.6 Å². The van der Waals surface area contributed by atoms with E-state index < -0.39 is 0 Å². The second kappa shape index (κ2) is 22.2. The zero-order valence-electron chi connectivity index (χ0n) is 32.8. The molecule has 3 aliphatic carbocycles. The third kappa shape index (κ3) is 12.1. The first-order valence-corrected chi connectivity index (χ1v) is 21.4. The highest BCUT2D eigenvalue weighted by Gasteiger charge is 2.79. The van der Waals surface area contributed by atoms with Gasteiger partial charge in [-0.2, -0.15) is 0 Å². The van der Waals surface area contributed by atoms with E-state index in [-0.39, 0.29) is 17.4 Å². The first kappa shape index (κ1) is 40.9. The molecule has 7 heteroatoms. The average Bonchev–Trinajstić information content (AvgIpc) is 3.60. The van der Waals surface area contributed by atoms with Gasteiger partial charge in [-0.3, -0.25) is 9.59 Å². The van der Waals surface area contributed by atoms with Crippen LogP contribution in [0.4, 0.5) is 0 Å². The third-order valence-corrected chi connectivity index (χ3v) is 13.1. The van der Waals surface area contributed by atoms with E-state index in [1.54, 1.807) is 0 Å². The van der Waals surface area contributed by atoms with Gasteiger partial charge < -0.3 is 18.9 Å². The van der Waals surface area contributed by atoms with Crippen molar-refractivity contribution in [1.82, 2.24) is 14.5 Å². The van der Waals surface area contributed by atoms with Crippen LogP contribution in [0.3, 0.4) is 0 Å². The Kier molecular flexibility index (Phi) is 18.2. The maximum Gasteiger partial charge on any atom is 0.306 e. The summed E-state index contributed by atoms with van der Waals surface area (Å²) in [5, 5.41) is 0. The molecule has 3 aliphatic rings. The minimum absolute atomic E-state index is 0.0102. The standard InChI is InChI=1S/C43H75N3O4/c1-5-6-7-8-10-16-21-31-49-37(47)24-18-13-12-15-20-27-45(28-23-29-46-30-25-44-34-46)26-19-14-9-11-17-22-32-50-38(48)33-43(4)41-35(2)39-36(3)42(43)40(39)41/h25,30,34-36,39-42H,5-24,26-29,31-33H2,1-4H3. The molecular formula is C43H75N3O4. The van der Waals surface area contributed by atoms with Crippen LogP contribution >= 0.6 is 0 Å². The van der Waals surface area contributed by atoms with Gasteiger partial charge in [-0.05, 0) is 99.1 Å². The van der Waals surface area contributed by atoms with E-state index in [0.717, 1.165) is 93.7 Å². The lowest BCUT2D eigenvalue weighted by molar-refractivity contribution is -0.369. The summed E-state index contributed by atoms with van der Waals surface area (Å²) < 4.78 is 13.3. The van der Waals surface area contributed by atoms with Crippen LogP contribution in [0, 0.1) is 40.9 Å². The number of imidazole rings is 1. The number of ether oxygens (including phenoxy) is 2. The van der Waals surface area contributed by atoms with Crippen molar-refractivity contribution >= 4 is 11.9 Å². The van der Waals surface area contributed by atoms with Gasteiger partial charge in [0.15, 0.2) is 0 Å². The fraction of sp³-hybridized carbons (Fsp3) is 0.884. The summed E-state index contributed by atoms with van der Waals surface area (Å²) in [6.07, 6.45) is 29.8. The van der Waals surface area contributed by atoms with E-state index in [1.807, 2.05) is 12.5 Å². The van der Waals surface area contributed by atoms with Crippen LogP contribution in [0.5, 0.6) is 0 Å². The summed E-state index contributed by atoms with van der Waals surface area (Å²) in [7, 11) is 0. The van der Waals surface area contributed by atoms with Crippen molar-refractivity contribution in [2.24, 2.45) is 40.9 Å². The Hall–Kier alpha value is -1.89. The van der Waals surface area contributed by atoms with Crippen LogP contribution in [0.2, 0.25) is 0 Å². The Morgan fingerprint density at radius 3 is 1.76 bits per heavy atom. The molecule has 1 aromatic rings. The zero-order valence-corrected chi connectivity index (χ0v) is 32.8. The molecule has 0 bridgehead atoms. The van der Waals surface area contributed by atoms with Crippen molar-refractivity contribution in [1.29, 1.82) is 0 Å². The van der Waals surface area contributed by atoms with Crippen LogP contribution in [0.25, 0.3) is 0 Å². The lowest BCUT2D eigenvalue weighted by Crippen LogP contribution is -2.80. The number of unbranched alkanes of at least 4 members (excludes halogenated alkanes) is 15. The average molecular weight is 698 g/mol. The van der Waals surface area contributed by atoms with E-state index in [0.29, 0.717) is 26.1 Å². The largest absolute Gasteiger partial charge is 0.466 e. The lowest BCUT2D eigenvalue weighted by Gasteiger charge is -2.84. The van der Waals surface area contributed by atoms with Crippen LogP contribution in [0.1, 0.15) is 163 Å². The molecule has 3 fully saturated rings. The molecule has 4 atom stereocenters. The fourth-order valence-corrected chi connectivity index (χ4v) is 10.6. The molecule has 3 saturated carbocycles. The predicted molar refractivity (Wildman–Crippen MR) is 204 cm³/mol. The van der Waals surface area contributed by atoms with Crippen LogP contribution < -0.4 is 0 Å². The molecule has 0 saturated heterocycles. The van der Waals surface area contributed by atoms with E-state index in [2.05, 4.69) is 48.3 Å². The number of carbonyl (C=O) groups excluding carboxylic acids is 2. The Morgan fingerprint density at radius 1 is 0.680 bits per heavy atom. The molecule has 50 heavy (non-hydrogen) atoms. The molecule has 1 heterocycles. The summed E-state index contributed by atoms with van der Waals surface area (Å²) >= 11 is 0. The Balaban J connectivity index is 0.967. The van der Waals surface area contributed by atoms with Gasteiger partial charge in [0.25, 0.3) is 0 Å². The van der Waals surface area contributed by atoms with Gasteiger partial charge in [0.2, 0.25) is 0 Å². The van der Waals surface area contributed by atoms with E-state index >= 15 is 0 Å². The highest BCUT2D eigenvalue weighted by atomic mass is 16.5. The molecule has 0 aromatic carbocycles. The molecule has 0 radical (unpaired) electrons. The number of hydrogen-bond donors (Lipinski definition) is 0. The lowest BCUT2D eigenvalue weighted by atomic mass is 9.20. The van der Waals surface area contributed by atoms with E-state index in [9.17, 15) is 9.59 Å². The number of aromatic nitrogens is 2. The van der Waals surface area contributed by atoms with Crippen molar-refractivity contribution in [3.8, 4) is 0 Å². The van der Waals surface area contributed by atoms with Gasteiger partial charge in [-0.15, -0.1) is 0 Å². The smallest absolute Gasteiger partial charge is 0.306 e. The van der Waals surface area contributed by atoms with Gasteiger partial charge in [0.05, 0.1) is 26.0 Å². The maximum atomic E-state index is 12.7. The minimum atomic E-state index is -0.0102. The van der Waals surface area contributed by atoms with Crippen molar-refractivity contribution in [3.05, 3.63) is 18.7 Å². The van der Waals surface area contributed by atoms with Crippen LogP contribution in [-0.4, -0.2) is 59.2 Å². The number of carbonyl (C=O) groups is 2. The molecule has 0 aliphatic heterocycles. The number of hydrogen-bond acceptors (Lipinski definition) is 6. The van der Waals surface area contributed by atoms with Crippen molar-refractivity contribution in [2.75, 3.05) is 32.8 Å².